The van der Waals surface area contributed by atoms with Gasteiger partial charge in [-0.15, -0.1) is 0 Å². The summed E-state index contributed by atoms with van der Waals surface area (Å²) in [5, 5.41) is 14.4. The molecule has 0 radical (unpaired) electrons. The first kappa shape index (κ1) is 15.1. The molecule has 0 unspecified atom stereocenters. The SMILES string of the molecule is Cc1cccc(NC(=O)Nc2ccc(Br)cc2)c1C(=O)O. The number of rotatable bonds is 3. The van der Waals surface area contributed by atoms with E-state index in [1.165, 1.54) is 0 Å². The number of hydrogen-bond acceptors (Lipinski definition) is 2. The summed E-state index contributed by atoms with van der Waals surface area (Å²) in [4.78, 5) is 23.2. The van der Waals surface area contributed by atoms with E-state index >= 15 is 0 Å². The Morgan fingerprint density at radius 2 is 1.71 bits per heavy atom. The Balaban J connectivity index is 2.15. The molecule has 21 heavy (non-hydrogen) atoms. The summed E-state index contributed by atoms with van der Waals surface area (Å²) in [6.45, 7) is 1.68. The average molecular weight is 349 g/mol. The number of hydrogen-bond donors (Lipinski definition) is 3. The third kappa shape index (κ3) is 3.82. The van der Waals surface area contributed by atoms with Gasteiger partial charge >= 0.3 is 12.0 Å². The van der Waals surface area contributed by atoms with Crippen molar-refractivity contribution in [2.75, 3.05) is 10.6 Å². The molecular formula is C15H13BrN2O3. The number of nitrogens with one attached hydrogen (secondary N) is 2. The van der Waals surface area contributed by atoms with Gasteiger partial charge in [-0.25, -0.2) is 9.59 Å². The molecule has 5 nitrogen and oxygen atoms in total. The Morgan fingerprint density at radius 1 is 1.05 bits per heavy atom. The van der Waals surface area contributed by atoms with Crippen LogP contribution in [0.2, 0.25) is 0 Å². The van der Waals surface area contributed by atoms with Crippen LogP contribution in [0.25, 0.3) is 0 Å². The van der Waals surface area contributed by atoms with Crippen LogP contribution >= 0.6 is 15.9 Å². The van der Waals surface area contributed by atoms with E-state index in [1.54, 1.807) is 49.4 Å². The third-order valence-electron chi connectivity index (χ3n) is 2.84. The average Bonchev–Trinajstić information content (AvgIpc) is 2.41. The molecule has 2 amide bonds. The zero-order valence-corrected chi connectivity index (χ0v) is 12.8. The van der Waals surface area contributed by atoms with Crippen LogP contribution in [0.3, 0.4) is 0 Å². The molecular weight excluding hydrogens is 336 g/mol. The molecule has 0 aliphatic rings. The van der Waals surface area contributed by atoms with E-state index < -0.39 is 12.0 Å². The van der Waals surface area contributed by atoms with Gasteiger partial charge in [-0.05, 0) is 42.8 Å². The second-order valence-electron chi connectivity index (χ2n) is 4.39. The van der Waals surface area contributed by atoms with Gasteiger partial charge in [-0.1, -0.05) is 28.1 Å². The van der Waals surface area contributed by atoms with Crippen molar-refractivity contribution in [3.63, 3.8) is 0 Å². The molecule has 0 bridgehead atoms. The van der Waals surface area contributed by atoms with E-state index in [4.69, 9.17) is 0 Å². The number of carboxylic acid groups (broad SMARTS) is 1. The Labute approximate surface area is 130 Å². The number of anilines is 2. The fourth-order valence-electron chi connectivity index (χ4n) is 1.87. The van der Waals surface area contributed by atoms with Crippen molar-refractivity contribution in [3.05, 3.63) is 58.1 Å². The van der Waals surface area contributed by atoms with Gasteiger partial charge in [0.2, 0.25) is 0 Å². The van der Waals surface area contributed by atoms with Gasteiger partial charge in [0, 0.05) is 10.2 Å². The number of aryl methyl sites for hydroxylation is 1. The van der Waals surface area contributed by atoms with E-state index in [0.717, 1.165) is 4.47 Å². The lowest BCUT2D eigenvalue weighted by Gasteiger charge is -2.11. The Hall–Kier alpha value is -2.34. The van der Waals surface area contributed by atoms with Crippen LogP contribution in [0.5, 0.6) is 0 Å². The van der Waals surface area contributed by atoms with Crippen molar-refractivity contribution in [1.82, 2.24) is 0 Å². The van der Waals surface area contributed by atoms with Crippen molar-refractivity contribution in [1.29, 1.82) is 0 Å². The first-order valence-electron chi connectivity index (χ1n) is 6.14. The van der Waals surface area contributed by atoms with Crippen molar-refractivity contribution in [2.45, 2.75) is 6.92 Å². The first-order chi connectivity index (χ1) is 9.97. The van der Waals surface area contributed by atoms with Crippen molar-refractivity contribution >= 4 is 39.3 Å². The molecule has 2 aromatic carbocycles. The number of amides is 2. The highest BCUT2D eigenvalue weighted by Gasteiger charge is 2.14. The standard InChI is InChI=1S/C15H13BrN2O3/c1-9-3-2-4-12(13(9)14(19)20)18-15(21)17-11-7-5-10(16)6-8-11/h2-8H,1H3,(H,19,20)(H2,17,18,21). The van der Waals surface area contributed by atoms with Crippen LogP contribution in [0.15, 0.2) is 46.9 Å². The number of carbonyl (C=O) groups excluding carboxylic acids is 1. The first-order valence-corrected chi connectivity index (χ1v) is 6.93. The summed E-state index contributed by atoms with van der Waals surface area (Å²) in [6.07, 6.45) is 0. The fourth-order valence-corrected chi connectivity index (χ4v) is 2.14. The van der Waals surface area contributed by atoms with Gasteiger partial charge in [0.1, 0.15) is 0 Å². The summed E-state index contributed by atoms with van der Waals surface area (Å²) in [6, 6.07) is 11.5. The number of carboxylic acids is 1. The molecule has 0 spiro atoms. The maximum Gasteiger partial charge on any atom is 0.338 e. The largest absolute Gasteiger partial charge is 0.478 e. The number of urea groups is 1. The summed E-state index contributed by atoms with van der Waals surface area (Å²) in [5.41, 5.74) is 1.55. The van der Waals surface area contributed by atoms with Gasteiger partial charge in [-0.2, -0.15) is 0 Å². The summed E-state index contributed by atoms with van der Waals surface area (Å²) >= 11 is 3.31. The van der Waals surface area contributed by atoms with Gasteiger partial charge in [0.05, 0.1) is 11.3 Å². The second-order valence-corrected chi connectivity index (χ2v) is 5.30. The monoisotopic (exact) mass is 348 g/mol. The number of benzene rings is 2. The summed E-state index contributed by atoms with van der Waals surface area (Å²) in [5.74, 6) is -1.08. The van der Waals surface area contributed by atoms with Gasteiger partial charge in [0.25, 0.3) is 0 Å². The van der Waals surface area contributed by atoms with Gasteiger partial charge < -0.3 is 15.7 Å². The highest BCUT2D eigenvalue weighted by Crippen LogP contribution is 2.20. The van der Waals surface area contributed by atoms with E-state index in [9.17, 15) is 14.7 Å². The maximum absolute atomic E-state index is 11.9. The van der Waals surface area contributed by atoms with Crippen molar-refractivity contribution < 1.29 is 14.7 Å². The van der Waals surface area contributed by atoms with Crippen LogP contribution < -0.4 is 10.6 Å². The quantitative estimate of drug-likeness (QED) is 0.781. The van der Waals surface area contributed by atoms with E-state index in [-0.39, 0.29) is 11.3 Å². The lowest BCUT2D eigenvalue weighted by Crippen LogP contribution is -2.21. The van der Waals surface area contributed by atoms with Crippen molar-refractivity contribution in [2.24, 2.45) is 0 Å². The van der Waals surface area contributed by atoms with E-state index in [2.05, 4.69) is 26.6 Å². The molecule has 108 valence electrons. The molecule has 3 N–H and O–H groups in total. The number of carbonyl (C=O) groups is 2. The minimum absolute atomic E-state index is 0.0865. The molecule has 0 aliphatic carbocycles. The minimum Gasteiger partial charge on any atom is -0.478 e. The topological polar surface area (TPSA) is 78.4 Å². The maximum atomic E-state index is 11.9. The normalized spacial score (nSPS) is 10.0. The number of halogens is 1. The highest BCUT2D eigenvalue weighted by atomic mass is 79.9. The van der Waals surface area contributed by atoms with Crippen molar-refractivity contribution in [3.8, 4) is 0 Å². The predicted octanol–water partition coefficient (Wildman–Crippen LogP) is 4.10. The summed E-state index contributed by atoms with van der Waals surface area (Å²) in [7, 11) is 0. The molecule has 6 heteroatoms. The Bertz CT molecular complexity index is 684. The Kier molecular flexibility index (Phi) is 4.59. The Morgan fingerprint density at radius 3 is 2.33 bits per heavy atom. The fraction of sp³-hybridized carbons (Fsp3) is 0.0667. The van der Waals surface area contributed by atoms with E-state index in [1.807, 2.05) is 0 Å². The minimum atomic E-state index is -1.08. The zero-order chi connectivity index (χ0) is 15.4. The van der Waals surface area contributed by atoms with Crippen LogP contribution in [-0.4, -0.2) is 17.1 Å². The highest BCUT2D eigenvalue weighted by molar-refractivity contribution is 9.10. The van der Waals surface area contributed by atoms with E-state index in [0.29, 0.717) is 11.3 Å². The molecule has 0 aromatic heterocycles. The van der Waals surface area contributed by atoms with Crippen LogP contribution in [0.1, 0.15) is 15.9 Å². The molecule has 2 rings (SSSR count). The van der Waals surface area contributed by atoms with Gasteiger partial charge in [0.15, 0.2) is 0 Å². The molecule has 0 heterocycles. The molecule has 2 aromatic rings. The zero-order valence-electron chi connectivity index (χ0n) is 11.2. The number of aromatic carboxylic acids is 1. The summed E-state index contributed by atoms with van der Waals surface area (Å²) < 4.78 is 0.903. The molecule has 0 saturated heterocycles. The predicted molar refractivity (Wildman–Crippen MR) is 84.9 cm³/mol. The second kappa shape index (κ2) is 6.41. The van der Waals surface area contributed by atoms with Crippen LogP contribution in [-0.2, 0) is 0 Å². The van der Waals surface area contributed by atoms with Gasteiger partial charge in [-0.3, -0.25) is 0 Å². The van der Waals surface area contributed by atoms with Crippen LogP contribution in [0.4, 0.5) is 16.2 Å². The lowest BCUT2D eigenvalue weighted by atomic mass is 10.1. The van der Waals surface area contributed by atoms with Crippen LogP contribution in [0, 0.1) is 6.92 Å². The molecule has 0 atom stereocenters. The smallest absolute Gasteiger partial charge is 0.338 e. The lowest BCUT2D eigenvalue weighted by molar-refractivity contribution is 0.0697. The molecule has 0 aliphatic heterocycles. The third-order valence-corrected chi connectivity index (χ3v) is 3.37. The molecule has 0 saturated carbocycles. The molecule has 0 fully saturated rings.